The van der Waals surface area contributed by atoms with Crippen LogP contribution in [0.25, 0.3) is 10.9 Å². The number of nitro groups is 1. The number of fused-ring (bicyclic) bond motifs is 1. The molecule has 0 fully saturated rings. The topological polar surface area (TPSA) is 96.7 Å². The van der Waals surface area contributed by atoms with Crippen molar-refractivity contribution in [2.45, 2.75) is 6.54 Å². The first-order chi connectivity index (χ1) is 9.75. The van der Waals surface area contributed by atoms with Crippen LogP contribution in [0.15, 0.2) is 42.9 Å². The Balaban J connectivity index is 1.99. The van der Waals surface area contributed by atoms with Crippen LogP contribution in [0.3, 0.4) is 0 Å². The van der Waals surface area contributed by atoms with Crippen molar-refractivity contribution in [1.29, 1.82) is 0 Å². The van der Waals surface area contributed by atoms with Gasteiger partial charge in [-0.05, 0) is 6.07 Å². The summed E-state index contributed by atoms with van der Waals surface area (Å²) < 4.78 is 0. The highest BCUT2D eigenvalue weighted by Gasteiger charge is 2.14. The van der Waals surface area contributed by atoms with Crippen molar-refractivity contribution in [3.8, 4) is 0 Å². The summed E-state index contributed by atoms with van der Waals surface area (Å²) in [6.07, 6.45) is 5.07. The maximum absolute atomic E-state index is 11.0. The summed E-state index contributed by atoms with van der Waals surface area (Å²) in [6.45, 7) is 0.582. The number of para-hydroxylation sites is 1. The molecule has 0 saturated carbocycles. The van der Waals surface area contributed by atoms with Crippen LogP contribution in [0.5, 0.6) is 0 Å². The van der Waals surface area contributed by atoms with Crippen molar-refractivity contribution in [3.05, 3.63) is 58.5 Å². The molecule has 0 saturated heterocycles. The molecule has 2 N–H and O–H groups in total. The lowest BCUT2D eigenvalue weighted by Gasteiger charge is -2.08. The van der Waals surface area contributed by atoms with Gasteiger partial charge in [0.25, 0.3) is 5.69 Å². The van der Waals surface area contributed by atoms with Crippen LogP contribution in [0.1, 0.15) is 5.56 Å². The van der Waals surface area contributed by atoms with Gasteiger partial charge in [0.2, 0.25) is 0 Å². The van der Waals surface area contributed by atoms with Crippen molar-refractivity contribution < 1.29 is 4.92 Å². The van der Waals surface area contributed by atoms with Gasteiger partial charge in [0.15, 0.2) is 0 Å². The molecule has 3 rings (SSSR count). The monoisotopic (exact) mass is 269 g/mol. The Morgan fingerprint density at radius 2 is 2.25 bits per heavy atom. The number of H-pyrrole nitrogens is 1. The van der Waals surface area contributed by atoms with E-state index in [1.54, 1.807) is 30.7 Å². The van der Waals surface area contributed by atoms with Crippen LogP contribution < -0.4 is 5.32 Å². The fourth-order valence-corrected chi connectivity index (χ4v) is 2.03. The molecule has 0 atom stereocenters. The molecular weight excluding hydrogens is 258 g/mol. The van der Waals surface area contributed by atoms with E-state index in [1.807, 2.05) is 6.07 Å². The van der Waals surface area contributed by atoms with Crippen LogP contribution in [0.4, 0.5) is 11.4 Å². The Bertz CT molecular complexity index is 755. The first-order valence-electron chi connectivity index (χ1n) is 5.99. The van der Waals surface area contributed by atoms with Gasteiger partial charge in [-0.2, -0.15) is 5.10 Å². The molecule has 7 nitrogen and oxygen atoms in total. The van der Waals surface area contributed by atoms with E-state index >= 15 is 0 Å². The largest absolute Gasteiger partial charge is 0.380 e. The first kappa shape index (κ1) is 12.1. The van der Waals surface area contributed by atoms with Crippen molar-refractivity contribution in [2.24, 2.45) is 0 Å². The number of pyridine rings is 1. The van der Waals surface area contributed by atoms with Crippen molar-refractivity contribution >= 4 is 22.3 Å². The molecule has 2 aromatic heterocycles. The van der Waals surface area contributed by atoms with Crippen LogP contribution >= 0.6 is 0 Å². The number of hydrogen-bond acceptors (Lipinski definition) is 5. The SMILES string of the molecule is O=[N+]([O-])c1cccc2c(NCc3cn[nH]c3)ccnc12. The summed E-state index contributed by atoms with van der Waals surface area (Å²) in [5, 5.41) is 21.6. The number of benzene rings is 1. The van der Waals surface area contributed by atoms with E-state index < -0.39 is 4.92 Å². The van der Waals surface area contributed by atoms with Gasteiger partial charge in [0.05, 0.1) is 11.1 Å². The fraction of sp³-hybridized carbons (Fsp3) is 0.0769. The number of anilines is 1. The third-order valence-corrected chi connectivity index (χ3v) is 2.98. The molecule has 100 valence electrons. The van der Waals surface area contributed by atoms with Gasteiger partial charge < -0.3 is 5.32 Å². The molecular formula is C13H11N5O2. The minimum atomic E-state index is -0.421. The number of aromatic nitrogens is 3. The molecule has 1 aromatic carbocycles. The first-order valence-corrected chi connectivity index (χ1v) is 5.99. The zero-order valence-corrected chi connectivity index (χ0v) is 10.4. The van der Waals surface area contributed by atoms with E-state index in [1.165, 1.54) is 6.07 Å². The van der Waals surface area contributed by atoms with Gasteiger partial charge in [-0.25, -0.2) is 4.98 Å². The highest BCUT2D eigenvalue weighted by atomic mass is 16.6. The van der Waals surface area contributed by atoms with Gasteiger partial charge in [0.1, 0.15) is 5.52 Å². The molecule has 0 bridgehead atoms. The van der Waals surface area contributed by atoms with E-state index in [0.29, 0.717) is 12.1 Å². The summed E-state index contributed by atoms with van der Waals surface area (Å²) in [7, 11) is 0. The number of non-ortho nitro benzene ring substituents is 1. The van der Waals surface area contributed by atoms with Crippen molar-refractivity contribution in [1.82, 2.24) is 15.2 Å². The normalized spacial score (nSPS) is 10.6. The lowest BCUT2D eigenvalue weighted by molar-refractivity contribution is -0.383. The maximum atomic E-state index is 11.0. The van der Waals surface area contributed by atoms with Gasteiger partial charge in [-0.1, -0.05) is 12.1 Å². The number of nitro benzene ring substituents is 1. The molecule has 0 aliphatic rings. The van der Waals surface area contributed by atoms with Crippen molar-refractivity contribution in [3.63, 3.8) is 0 Å². The van der Waals surface area contributed by atoms with E-state index in [2.05, 4.69) is 20.5 Å². The minimum Gasteiger partial charge on any atom is -0.380 e. The lowest BCUT2D eigenvalue weighted by Crippen LogP contribution is -2.00. The van der Waals surface area contributed by atoms with Crippen LogP contribution in [-0.2, 0) is 6.54 Å². The quantitative estimate of drug-likeness (QED) is 0.560. The number of nitrogens with zero attached hydrogens (tertiary/aromatic N) is 3. The Kier molecular flexibility index (Phi) is 3.00. The second-order valence-corrected chi connectivity index (χ2v) is 4.25. The third-order valence-electron chi connectivity index (χ3n) is 2.98. The summed E-state index contributed by atoms with van der Waals surface area (Å²) >= 11 is 0. The Labute approximate surface area is 113 Å². The number of nitrogens with one attached hydrogen (secondary N) is 2. The number of rotatable bonds is 4. The van der Waals surface area contributed by atoms with Crippen LogP contribution in [0.2, 0.25) is 0 Å². The summed E-state index contributed by atoms with van der Waals surface area (Å²) in [6, 6.07) is 6.72. The van der Waals surface area contributed by atoms with Crippen LogP contribution in [-0.4, -0.2) is 20.1 Å². The Hall–Kier alpha value is -2.96. The van der Waals surface area contributed by atoms with Crippen molar-refractivity contribution in [2.75, 3.05) is 5.32 Å². The van der Waals surface area contributed by atoms with E-state index in [0.717, 1.165) is 16.6 Å². The summed E-state index contributed by atoms with van der Waals surface area (Å²) in [5.74, 6) is 0. The number of aromatic amines is 1. The van der Waals surface area contributed by atoms with E-state index in [4.69, 9.17) is 0 Å². The zero-order valence-electron chi connectivity index (χ0n) is 10.4. The smallest absolute Gasteiger partial charge is 0.295 e. The second kappa shape index (κ2) is 4.96. The molecule has 20 heavy (non-hydrogen) atoms. The Morgan fingerprint density at radius 3 is 3.00 bits per heavy atom. The minimum absolute atomic E-state index is 0.00876. The molecule has 3 aromatic rings. The van der Waals surface area contributed by atoms with E-state index in [-0.39, 0.29) is 5.69 Å². The molecule has 0 unspecified atom stereocenters. The van der Waals surface area contributed by atoms with Crippen LogP contribution in [0, 0.1) is 10.1 Å². The third kappa shape index (κ3) is 2.16. The highest BCUT2D eigenvalue weighted by molar-refractivity contribution is 5.96. The predicted octanol–water partition coefficient (Wildman–Crippen LogP) is 2.48. The average molecular weight is 269 g/mol. The fourth-order valence-electron chi connectivity index (χ4n) is 2.03. The predicted molar refractivity (Wildman–Crippen MR) is 74.3 cm³/mol. The average Bonchev–Trinajstić information content (AvgIpc) is 2.97. The second-order valence-electron chi connectivity index (χ2n) is 4.25. The molecule has 0 aliphatic heterocycles. The summed E-state index contributed by atoms with van der Waals surface area (Å²) in [5.41, 5.74) is 2.20. The standard InChI is InChI=1S/C13H11N5O2/c19-18(20)12-3-1-2-10-11(4-5-14-13(10)12)15-6-9-7-16-17-8-9/h1-5,7-8H,6H2,(H,14,15)(H,16,17). The lowest BCUT2D eigenvalue weighted by atomic mass is 10.1. The molecule has 0 spiro atoms. The number of hydrogen-bond donors (Lipinski definition) is 2. The molecule has 2 heterocycles. The van der Waals surface area contributed by atoms with Gasteiger partial charge in [-0.15, -0.1) is 0 Å². The molecule has 7 heteroatoms. The van der Waals surface area contributed by atoms with Gasteiger partial charge in [0, 0.05) is 41.6 Å². The molecule has 0 aliphatic carbocycles. The molecule has 0 radical (unpaired) electrons. The zero-order chi connectivity index (χ0) is 13.9. The summed E-state index contributed by atoms with van der Waals surface area (Å²) in [4.78, 5) is 14.7. The van der Waals surface area contributed by atoms with E-state index in [9.17, 15) is 10.1 Å². The highest BCUT2D eigenvalue weighted by Crippen LogP contribution is 2.28. The van der Waals surface area contributed by atoms with Gasteiger partial charge in [-0.3, -0.25) is 15.2 Å². The maximum Gasteiger partial charge on any atom is 0.295 e. The van der Waals surface area contributed by atoms with Gasteiger partial charge >= 0.3 is 0 Å². The Morgan fingerprint density at radius 1 is 1.35 bits per heavy atom. The molecule has 0 amide bonds.